The molecule has 6 rings (SSSR count). The fraction of sp³-hybridized carbons (Fsp3) is 0.439. The van der Waals surface area contributed by atoms with E-state index in [1.165, 1.54) is 7.11 Å². The van der Waals surface area contributed by atoms with Crippen LogP contribution in [0, 0.1) is 17.8 Å². The van der Waals surface area contributed by atoms with Gasteiger partial charge in [-0.05, 0) is 94.0 Å². The third-order valence-electron chi connectivity index (χ3n) is 10.5. The molecular weight excluding hydrogens is 708 g/mol. The highest BCUT2D eigenvalue weighted by Crippen LogP contribution is 2.38. The molecule has 2 saturated heterocycles. The van der Waals surface area contributed by atoms with Crippen LogP contribution < -0.4 is 20.1 Å². The van der Waals surface area contributed by atoms with E-state index in [0.29, 0.717) is 60.1 Å². The van der Waals surface area contributed by atoms with Crippen molar-refractivity contribution < 1.29 is 28.7 Å². The average Bonchev–Trinajstić information content (AvgIpc) is 3.78. The normalized spacial score (nSPS) is 19.3. The Balaban J connectivity index is 1.24. The second-order valence-corrected chi connectivity index (χ2v) is 15.1. The lowest BCUT2D eigenvalue weighted by Gasteiger charge is -2.41. The zero-order valence-corrected chi connectivity index (χ0v) is 32.1. The van der Waals surface area contributed by atoms with E-state index in [9.17, 15) is 19.2 Å². The number of aryl methyl sites for hydroxylation is 1. The predicted molar refractivity (Wildman–Crippen MR) is 207 cm³/mol. The standard InChI is InChI=1S/C41H49ClN6O6/c1-27(2)54-36-15-12-29(17-37(36)53-4)40(52)47-20-30-19-46(38(50)23-48-26-44-34-18-31(42)13-14-35(34)48)22-33(32(30)21-47)39(51)45-41(25-49,24-43-3)16-8-11-28-9-6-5-7-10-28/h5-7,9-10,12-15,17-18,25-27,30,32-33,43H,8,11,16,19-24H2,1-4H3,(H,45,51)/t30?,32?,33?,41-/m1/s1. The molecule has 3 unspecified atom stereocenters. The molecule has 3 amide bonds. The lowest BCUT2D eigenvalue weighted by Crippen LogP contribution is -2.60. The van der Waals surface area contributed by atoms with Crippen LogP contribution in [0.4, 0.5) is 0 Å². The Morgan fingerprint density at radius 3 is 2.50 bits per heavy atom. The van der Waals surface area contributed by atoms with Gasteiger partial charge < -0.3 is 39.3 Å². The zero-order valence-electron chi connectivity index (χ0n) is 31.3. The summed E-state index contributed by atoms with van der Waals surface area (Å²) in [5.74, 6) is -0.737. The number of amides is 3. The molecule has 13 heteroatoms. The SMILES string of the molecule is CNC[C@@](C=O)(CCCc1ccccc1)NC(=O)C1CN(C(=O)Cn2cnc3cc(Cl)ccc32)CC2CN(C(=O)c3ccc(OC(C)C)c(OC)c3)CC21. The highest BCUT2D eigenvalue weighted by atomic mass is 35.5. The van der Waals surface area contributed by atoms with E-state index in [1.54, 1.807) is 58.1 Å². The fourth-order valence-electron chi connectivity index (χ4n) is 7.90. The Kier molecular flexibility index (Phi) is 12.2. The van der Waals surface area contributed by atoms with Crippen molar-refractivity contribution >= 4 is 46.6 Å². The summed E-state index contributed by atoms with van der Waals surface area (Å²) in [5.41, 5.74) is 1.90. The van der Waals surface area contributed by atoms with Crippen molar-refractivity contribution in [2.75, 3.05) is 46.9 Å². The van der Waals surface area contributed by atoms with Gasteiger partial charge in [-0.2, -0.15) is 0 Å². The highest BCUT2D eigenvalue weighted by Gasteiger charge is 2.49. The number of aldehydes is 1. The van der Waals surface area contributed by atoms with E-state index in [0.717, 1.165) is 23.8 Å². The van der Waals surface area contributed by atoms with Crippen LogP contribution in [0.15, 0.2) is 73.1 Å². The minimum Gasteiger partial charge on any atom is -0.493 e. The van der Waals surface area contributed by atoms with Crippen molar-refractivity contribution in [2.45, 2.75) is 51.3 Å². The lowest BCUT2D eigenvalue weighted by molar-refractivity contribution is -0.141. The number of halogens is 1. The van der Waals surface area contributed by atoms with Gasteiger partial charge in [0.15, 0.2) is 11.5 Å². The number of hydrogen-bond acceptors (Lipinski definition) is 8. The van der Waals surface area contributed by atoms with E-state index in [-0.39, 0.29) is 55.3 Å². The second kappa shape index (κ2) is 17.0. The van der Waals surface area contributed by atoms with Gasteiger partial charge in [-0.25, -0.2) is 4.98 Å². The molecule has 0 bridgehead atoms. The maximum absolute atomic E-state index is 14.5. The number of ether oxygens (including phenoxy) is 2. The summed E-state index contributed by atoms with van der Waals surface area (Å²) in [7, 11) is 3.29. The van der Waals surface area contributed by atoms with Crippen LogP contribution in [-0.2, 0) is 27.3 Å². The molecule has 1 aromatic heterocycles. The van der Waals surface area contributed by atoms with Gasteiger partial charge in [-0.15, -0.1) is 0 Å². The van der Waals surface area contributed by atoms with E-state index >= 15 is 0 Å². The van der Waals surface area contributed by atoms with Crippen LogP contribution >= 0.6 is 11.6 Å². The van der Waals surface area contributed by atoms with Gasteiger partial charge in [0.2, 0.25) is 11.8 Å². The molecule has 0 aliphatic carbocycles. The number of nitrogens with one attached hydrogen (secondary N) is 2. The van der Waals surface area contributed by atoms with Crippen molar-refractivity contribution in [1.82, 2.24) is 30.0 Å². The Hall–Kier alpha value is -4.94. The molecule has 0 spiro atoms. The Morgan fingerprint density at radius 2 is 1.78 bits per heavy atom. The molecule has 3 aromatic carbocycles. The van der Waals surface area contributed by atoms with Crippen LogP contribution in [0.3, 0.4) is 0 Å². The van der Waals surface area contributed by atoms with Crippen LogP contribution in [0.5, 0.6) is 11.5 Å². The Labute approximate surface area is 321 Å². The van der Waals surface area contributed by atoms with Gasteiger partial charge in [-0.1, -0.05) is 41.9 Å². The summed E-state index contributed by atoms with van der Waals surface area (Å²) in [6.07, 6.45) is 4.25. The number of imidazole rings is 1. The van der Waals surface area contributed by atoms with Crippen molar-refractivity contribution in [2.24, 2.45) is 17.8 Å². The molecule has 2 aliphatic rings. The number of benzene rings is 3. The minimum atomic E-state index is -1.15. The Bertz CT molecular complexity index is 1970. The van der Waals surface area contributed by atoms with Crippen molar-refractivity contribution in [1.29, 1.82) is 0 Å². The van der Waals surface area contributed by atoms with E-state index < -0.39 is 11.5 Å². The van der Waals surface area contributed by atoms with Crippen molar-refractivity contribution in [3.63, 3.8) is 0 Å². The number of carbonyl (C=O) groups is 4. The van der Waals surface area contributed by atoms with E-state index in [2.05, 4.69) is 15.6 Å². The first-order valence-electron chi connectivity index (χ1n) is 18.5. The first-order valence-corrected chi connectivity index (χ1v) is 18.9. The van der Waals surface area contributed by atoms with Crippen LogP contribution in [-0.4, -0.2) is 102 Å². The summed E-state index contributed by atoms with van der Waals surface area (Å²) in [6, 6.07) is 20.5. The maximum Gasteiger partial charge on any atom is 0.254 e. The second-order valence-electron chi connectivity index (χ2n) is 14.7. The number of hydrogen-bond donors (Lipinski definition) is 2. The molecule has 0 saturated carbocycles. The van der Waals surface area contributed by atoms with Crippen LogP contribution in [0.2, 0.25) is 5.02 Å². The van der Waals surface area contributed by atoms with Gasteiger partial charge in [0.25, 0.3) is 5.91 Å². The van der Waals surface area contributed by atoms with Crippen molar-refractivity contribution in [3.05, 3.63) is 89.2 Å². The average molecular weight is 757 g/mol. The number of carbonyl (C=O) groups excluding carboxylic acids is 4. The van der Waals surface area contributed by atoms with Crippen molar-refractivity contribution in [3.8, 4) is 11.5 Å². The summed E-state index contributed by atoms with van der Waals surface area (Å²) in [6.45, 7) is 5.34. The fourth-order valence-corrected chi connectivity index (χ4v) is 8.06. The van der Waals surface area contributed by atoms with E-state index in [4.69, 9.17) is 21.1 Å². The largest absolute Gasteiger partial charge is 0.493 e. The van der Waals surface area contributed by atoms with Gasteiger partial charge in [0.1, 0.15) is 18.4 Å². The topological polar surface area (TPSA) is 135 Å². The van der Waals surface area contributed by atoms with Gasteiger partial charge in [-0.3, -0.25) is 14.4 Å². The molecular formula is C41H49ClN6O6. The third kappa shape index (κ3) is 8.71. The quantitative estimate of drug-likeness (QED) is 0.168. The monoisotopic (exact) mass is 756 g/mol. The zero-order chi connectivity index (χ0) is 38.4. The molecule has 286 valence electrons. The number of nitrogens with zero attached hydrogens (tertiary/aromatic N) is 4. The van der Waals surface area contributed by atoms with Gasteiger partial charge >= 0.3 is 0 Å². The molecule has 2 fully saturated rings. The Morgan fingerprint density at radius 1 is 1.00 bits per heavy atom. The molecule has 0 radical (unpaired) electrons. The molecule has 4 atom stereocenters. The number of aromatic nitrogens is 2. The van der Waals surface area contributed by atoms with Crippen LogP contribution in [0.25, 0.3) is 11.0 Å². The number of piperidine rings is 1. The smallest absolute Gasteiger partial charge is 0.254 e. The summed E-state index contributed by atoms with van der Waals surface area (Å²) < 4.78 is 13.2. The number of methoxy groups -OCH3 is 1. The molecule has 54 heavy (non-hydrogen) atoms. The van der Waals surface area contributed by atoms with Gasteiger partial charge in [0.05, 0.1) is 36.5 Å². The first-order chi connectivity index (χ1) is 26.0. The highest BCUT2D eigenvalue weighted by molar-refractivity contribution is 6.31. The molecule has 3 heterocycles. The van der Waals surface area contributed by atoms with E-state index in [1.807, 2.05) is 50.2 Å². The number of fused-ring (bicyclic) bond motifs is 2. The molecule has 4 aromatic rings. The number of likely N-dealkylation sites (N-methyl/N-ethyl adjacent to an activating group) is 1. The predicted octanol–water partition coefficient (Wildman–Crippen LogP) is 4.63. The number of rotatable bonds is 15. The van der Waals surface area contributed by atoms with Gasteiger partial charge in [0, 0.05) is 43.3 Å². The molecule has 2 aliphatic heterocycles. The lowest BCUT2D eigenvalue weighted by atomic mass is 9.78. The third-order valence-corrected chi connectivity index (χ3v) is 10.8. The first kappa shape index (κ1) is 38.8. The summed E-state index contributed by atoms with van der Waals surface area (Å²) >= 11 is 6.17. The minimum absolute atomic E-state index is 0.0224. The van der Waals surface area contributed by atoms with Crippen LogP contribution in [0.1, 0.15) is 42.6 Å². The molecule has 12 nitrogen and oxygen atoms in total. The summed E-state index contributed by atoms with van der Waals surface area (Å²) in [4.78, 5) is 63.2. The summed E-state index contributed by atoms with van der Waals surface area (Å²) in [5, 5.41) is 6.78. The number of likely N-dealkylation sites (tertiary alicyclic amines) is 2. The maximum atomic E-state index is 14.5. The molecule has 2 N–H and O–H groups in total.